The zero-order valence-electron chi connectivity index (χ0n) is 7.26. The van der Waals surface area contributed by atoms with E-state index in [1.807, 2.05) is 30.3 Å². The Morgan fingerprint density at radius 2 is 2.00 bits per heavy atom. The molecule has 0 fully saturated rings. The molecular weight excluding hydrogens is 170 g/mol. The quantitative estimate of drug-likeness (QED) is 0.708. The molecule has 0 radical (unpaired) electrons. The first-order chi connectivity index (χ1) is 5.83. The summed E-state index contributed by atoms with van der Waals surface area (Å²) in [6, 6.07) is 10.1. The van der Waals surface area contributed by atoms with Gasteiger partial charge in [-0.05, 0) is 18.6 Å². The van der Waals surface area contributed by atoms with Crippen LogP contribution in [0.25, 0.3) is 0 Å². The predicted octanol–water partition coefficient (Wildman–Crippen LogP) is 3.12. The van der Waals surface area contributed by atoms with Crippen LogP contribution in [-0.4, -0.2) is 11.9 Å². The summed E-state index contributed by atoms with van der Waals surface area (Å²) in [5.74, 6) is 0. The highest BCUT2D eigenvalue weighted by Crippen LogP contribution is 2.07. The maximum Gasteiger partial charge on any atom is 0.0506 e. The molecule has 66 valence electrons. The molecule has 1 unspecified atom stereocenters. The fourth-order valence-electron chi connectivity index (χ4n) is 0.929. The van der Waals surface area contributed by atoms with E-state index in [0.717, 1.165) is 18.7 Å². The van der Waals surface area contributed by atoms with Crippen LogP contribution < -0.4 is 5.32 Å². The molecule has 1 rings (SSSR count). The Labute approximate surface area is 78.7 Å². The van der Waals surface area contributed by atoms with E-state index in [1.165, 1.54) is 0 Å². The van der Waals surface area contributed by atoms with Gasteiger partial charge in [-0.15, -0.1) is 11.6 Å². The second-order valence-corrected chi connectivity index (χ2v) is 3.37. The van der Waals surface area contributed by atoms with E-state index in [9.17, 15) is 0 Å². The van der Waals surface area contributed by atoms with Crippen LogP contribution in [0.2, 0.25) is 0 Å². The largest absolute Gasteiger partial charge is 0.384 e. The monoisotopic (exact) mass is 183 g/mol. The van der Waals surface area contributed by atoms with Crippen molar-refractivity contribution < 1.29 is 0 Å². The molecule has 1 aromatic carbocycles. The molecule has 0 heterocycles. The first kappa shape index (κ1) is 9.40. The van der Waals surface area contributed by atoms with Crippen LogP contribution in [0.15, 0.2) is 30.3 Å². The van der Waals surface area contributed by atoms with Crippen LogP contribution in [0, 0.1) is 0 Å². The van der Waals surface area contributed by atoms with Crippen LogP contribution in [-0.2, 0) is 0 Å². The second-order valence-electron chi connectivity index (χ2n) is 2.75. The third-order valence-corrected chi connectivity index (χ3v) is 2.21. The standard InChI is InChI=1S/C10H14ClN/c1-2-9(11)8-12-10-6-4-3-5-7-10/h3-7,9,12H,2,8H2,1H3. The van der Waals surface area contributed by atoms with Gasteiger partial charge in [0.2, 0.25) is 0 Å². The van der Waals surface area contributed by atoms with E-state index < -0.39 is 0 Å². The Balaban J connectivity index is 2.33. The Morgan fingerprint density at radius 1 is 1.33 bits per heavy atom. The average molecular weight is 184 g/mol. The van der Waals surface area contributed by atoms with Crippen molar-refractivity contribution in [3.05, 3.63) is 30.3 Å². The Morgan fingerprint density at radius 3 is 2.58 bits per heavy atom. The minimum Gasteiger partial charge on any atom is -0.384 e. The van der Waals surface area contributed by atoms with Gasteiger partial charge in [0, 0.05) is 12.2 Å². The number of rotatable bonds is 4. The molecule has 0 aliphatic heterocycles. The predicted molar refractivity (Wildman–Crippen MR) is 54.9 cm³/mol. The number of alkyl halides is 1. The normalized spacial score (nSPS) is 12.5. The number of para-hydroxylation sites is 1. The van der Waals surface area contributed by atoms with Crippen molar-refractivity contribution in [1.82, 2.24) is 0 Å². The molecule has 12 heavy (non-hydrogen) atoms. The van der Waals surface area contributed by atoms with Gasteiger partial charge in [0.15, 0.2) is 0 Å². The van der Waals surface area contributed by atoms with Gasteiger partial charge >= 0.3 is 0 Å². The molecule has 1 atom stereocenters. The van der Waals surface area contributed by atoms with E-state index in [2.05, 4.69) is 12.2 Å². The molecule has 0 saturated heterocycles. The van der Waals surface area contributed by atoms with Crippen LogP contribution >= 0.6 is 11.6 Å². The van der Waals surface area contributed by atoms with E-state index in [0.29, 0.717) is 0 Å². The van der Waals surface area contributed by atoms with E-state index in [1.54, 1.807) is 0 Å². The smallest absolute Gasteiger partial charge is 0.0506 e. The van der Waals surface area contributed by atoms with E-state index in [4.69, 9.17) is 11.6 Å². The zero-order valence-corrected chi connectivity index (χ0v) is 8.01. The number of benzene rings is 1. The number of hydrogen-bond donors (Lipinski definition) is 1. The van der Waals surface area contributed by atoms with Crippen molar-refractivity contribution in [3.8, 4) is 0 Å². The molecule has 2 heteroatoms. The molecule has 0 spiro atoms. The summed E-state index contributed by atoms with van der Waals surface area (Å²) in [7, 11) is 0. The summed E-state index contributed by atoms with van der Waals surface area (Å²) >= 11 is 5.95. The number of nitrogens with one attached hydrogen (secondary N) is 1. The Hall–Kier alpha value is -0.690. The first-order valence-corrected chi connectivity index (χ1v) is 4.69. The fourth-order valence-corrected chi connectivity index (χ4v) is 1.01. The fraction of sp³-hybridized carbons (Fsp3) is 0.400. The molecule has 1 aromatic rings. The number of halogens is 1. The molecule has 0 aliphatic carbocycles. The average Bonchev–Trinajstić information content (AvgIpc) is 2.16. The van der Waals surface area contributed by atoms with E-state index >= 15 is 0 Å². The van der Waals surface area contributed by atoms with Crippen LogP contribution in [0.5, 0.6) is 0 Å². The van der Waals surface area contributed by atoms with Crippen molar-refractivity contribution in [2.45, 2.75) is 18.7 Å². The van der Waals surface area contributed by atoms with E-state index in [-0.39, 0.29) is 5.38 Å². The lowest BCUT2D eigenvalue weighted by atomic mass is 10.3. The third kappa shape index (κ3) is 3.14. The van der Waals surface area contributed by atoms with Gasteiger partial charge < -0.3 is 5.32 Å². The van der Waals surface area contributed by atoms with Gasteiger partial charge in [0.1, 0.15) is 0 Å². The summed E-state index contributed by atoms with van der Waals surface area (Å²) < 4.78 is 0. The first-order valence-electron chi connectivity index (χ1n) is 4.26. The molecular formula is C10H14ClN. The second kappa shape index (κ2) is 5.04. The Bertz CT molecular complexity index is 210. The third-order valence-electron chi connectivity index (χ3n) is 1.74. The molecule has 1 nitrogen and oxygen atoms in total. The summed E-state index contributed by atoms with van der Waals surface area (Å²) in [5.41, 5.74) is 1.14. The van der Waals surface area contributed by atoms with Gasteiger partial charge in [-0.25, -0.2) is 0 Å². The van der Waals surface area contributed by atoms with Crippen molar-refractivity contribution in [2.75, 3.05) is 11.9 Å². The van der Waals surface area contributed by atoms with Gasteiger partial charge in [0.25, 0.3) is 0 Å². The highest BCUT2D eigenvalue weighted by atomic mass is 35.5. The lowest BCUT2D eigenvalue weighted by Gasteiger charge is -2.08. The van der Waals surface area contributed by atoms with Gasteiger partial charge in [-0.3, -0.25) is 0 Å². The number of hydrogen-bond acceptors (Lipinski definition) is 1. The van der Waals surface area contributed by atoms with Gasteiger partial charge in [-0.1, -0.05) is 25.1 Å². The van der Waals surface area contributed by atoms with Crippen LogP contribution in [0.3, 0.4) is 0 Å². The van der Waals surface area contributed by atoms with Gasteiger partial charge in [0.05, 0.1) is 5.38 Å². The van der Waals surface area contributed by atoms with Crippen LogP contribution in [0.1, 0.15) is 13.3 Å². The highest BCUT2D eigenvalue weighted by molar-refractivity contribution is 6.20. The maximum absolute atomic E-state index is 5.95. The molecule has 1 N–H and O–H groups in total. The minimum atomic E-state index is 0.227. The highest BCUT2D eigenvalue weighted by Gasteiger charge is 1.99. The lowest BCUT2D eigenvalue weighted by Crippen LogP contribution is -2.12. The maximum atomic E-state index is 5.95. The molecule has 0 saturated carbocycles. The molecule has 0 amide bonds. The summed E-state index contributed by atoms with van der Waals surface area (Å²) in [5, 5.41) is 3.49. The van der Waals surface area contributed by atoms with Crippen molar-refractivity contribution in [1.29, 1.82) is 0 Å². The van der Waals surface area contributed by atoms with Crippen molar-refractivity contribution >= 4 is 17.3 Å². The van der Waals surface area contributed by atoms with Crippen LogP contribution in [0.4, 0.5) is 5.69 Å². The summed E-state index contributed by atoms with van der Waals surface area (Å²) in [6.45, 7) is 2.92. The number of anilines is 1. The Kier molecular flexibility index (Phi) is 3.95. The van der Waals surface area contributed by atoms with Crippen molar-refractivity contribution in [2.24, 2.45) is 0 Å². The molecule has 0 aliphatic rings. The van der Waals surface area contributed by atoms with Crippen molar-refractivity contribution in [3.63, 3.8) is 0 Å². The summed E-state index contributed by atoms with van der Waals surface area (Å²) in [4.78, 5) is 0. The topological polar surface area (TPSA) is 12.0 Å². The molecule has 0 aromatic heterocycles. The zero-order chi connectivity index (χ0) is 8.81. The minimum absolute atomic E-state index is 0.227. The SMILES string of the molecule is CCC(Cl)CNc1ccccc1. The summed E-state index contributed by atoms with van der Waals surface area (Å²) in [6.07, 6.45) is 1.00. The molecule has 0 bridgehead atoms. The van der Waals surface area contributed by atoms with Gasteiger partial charge in [-0.2, -0.15) is 0 Å². The lowest BCUT2D eigenvalue weighted by molar-refractivity contribution is 0.844.